The Morgan fingerprint density at radius 1 is 1.14 bits per heavy atom. The van der Waals surface area contributed by atoms with Crippen LogP contribution in [0, 0.1) is 18.6 Å². The second-order valence-corrected chi connectivity index (χ2v) is 4.86. The highest BCUT2D eigenvalue weighted by Crippen LogP contribution is 2.31. The normalized spacial score (nSPS) is 10.5. The summed E-state index contributed by atoms with van der Waals surface area (Å²) in [4.78, 5) is 0. The van der Waals surface area contributed by atoms with Crippen LogP contribution in [0.25, 0.3) is 0 Å². The maximum atomic E-state index is 13.7. The van der Waals surface area contributed by atoms with Gasteiger partial charge in [-0.15, -0.1) is 0 Å². The predicted octanol–water partition coefficient (Wildman–Crippen LogP) is 4.39. The SMILES string of the molecule is CCCOc1cc(Nc2cc(C)cc(F)c2)c(N)cc1F. The fraction of sp³-hybridized carbons (Fsp3) is 0.250. The first-order valence-corrected chi connectivity index (χ1v) is 6.75. The summed E-state index contributed by atoms with van der Waals surface area (Å²) < 4.78 is 32.4. The number of halogens is 2. The lowest BCUT2D eigenvalue weighted by molar-refractivity contribution is 0.301. The zero-order valence-electron chi connectivity index (χ0n) is 12.0. The van der Waals surface area contributed by atoms with Crippen LogP contribution in [0.15, 0.2) is 30.3 Å². The molecule has 5 heteroatoms. The van der Waals surface area contributed by atoms with Gasteiger partial charge in [0.15, 0.2) is 11.6 Å². The van der Waals surface area contributed by atoms with Crippen molar-refractivity contribution in [2.24, 2.45) is 0 Å². The number of rotatable bonds is 5. The molecule has 0 radical (unpaired) electrons. The summed E-state index contributed by atoms with van der Waals surface area (Å²) in [6, 6.07) is 7.23. The molecule has 2 rings (SSSR count). The van der Waals surface area contributed by atoms with E-state index in [0.717, 1.165) is 12.0 Å². The lowest BCUT2D eigenvalue weighted by atomic mass is 10.2. The molecule has 21 heavy (non-hydrogen) atoms. The van der Waals surface area contributed by atoms with E-state index in [2.05, 4.69) is 5.32 Å². The van der Waals surface area contributed by atoms with Crippen LogP contribution in [-0.2, 0) is 0 Å². The first kappa shape index (κ1) is 15.1. The summed E-state index contributed by atoms with van der Waals surface area (Å²) in [6.45, 7) is 4.14. The van der Waals surface area contributed by atoms with E-state index in [0.29, 0.717) is 18.0 Å². The van der Waals surface area contributed by atoms with Crippen LogP contribution in [0.1, 0.15) is 18.9 Å². The lowest BCUT2D eigenvalue weighted by Crippen LogP contribution is -2.02. The largest absolute Gasteiger partial charge is 0.490 e. The molecule has 0 fully saturated rings. The number of nitrogen functional groups attached to an aromatic ring is 1. The molecule has 0 aliphatic heterocycles. The summed E-state index contributed by atoms with van der Waals surface area (Å²) >= 11 is 0. The second kappa shape index (κ2) is 6.43. The van der Waals surface area contributed by atoms with E-state index in [1.807, 2.05) is 6.92 Å². The first-order valence-electron chi connectivity index (χ1n) is 6.75. The van der Waals surface area contributed by atoms with Crippen molar-refractivity contribution < 1.29 is 13.5 Å². The Morgan fingerprint density at radius 2 is 1.90 bits per heavy atom. The molecule has 0 saturated carbocycles. The molecule has 0 saturated heterocycles. The van der Waals surface area contributed by atoms with Gasteiger partial charge in [0.1, 0.15) is 5.82 Å². The summed E-state index contributed by atoms with van der Waals surface area (Å²) in [5.41, 5.74) is 7.83. The number of aryl methyl sites for hydroxylation is 1. The van der Waals surface area contributed by atoms with Crippen molar-refractivity contribution in [1.82, 2.24) is 0 Å². The smallest absolute Gasteiger partial charge is 0.167 e. The molecule has 0 atom stereocenters. The number of benzene rings is 2. The monoisotopic (exact) mass is 292 g/mol. The van der Waals surface area contributed by atoms with Crippen molar-refractivity contribution in [1.29, 1.82) is 0 Å². The van der Waals surface area contributed by atoms with Gasteiger partial charge in [-0.05, 0) is 37.1 Å². The van der Waals surface area contributed by atoms with Gasteiger partial charge in [-0.1, -0.05) is 6.92 Å². The number of hydrogen-bond donors (Lipinski definition) is 2. The van der Waals surface area contributed by atoms with Crippen molar-refractivity contribution in [2.45, 2.75) is 20.3 Å². The maximum absolute atomic E-state index is 13.7. The van der Waals surface area contributed by atoms with Crippen molar-refractivity contribution >= 4 is 17.1 Å². The van der Waals surface area contributed by atoms with Crippen LogP contribution in [0.2, 0.25) is 0 Å². The number of nitrogens with one attached hydrogen (secondary N) is 1. The minimum Gasteiger partial charge on any atom is -0.490 e. The predicted molar refractivity (Wildman–Crippen MR) is 81.0 cm³/mol. The third kappa shape index (κ3) is 3.84. The Hall–Kier alpha value is -2.30. The van der Waals surface area contributed by atoms with Crippen molar-refractivity contribution in [3.05, 3.63) is 47.5 Å². The van der Waals surface area contributed by atoms with Gasteiger partial charge in [-0.25, -0.2) is 8.78 Å². The Balaban J connectivity index is 2.30. The summed E-state index contributed by atoms with van der Waals surface area (Å²) in [6.07, 6.45) is 0.773. The Bertz CT molecular complexity index is 624. The Labute approximate surface area is 122 Å². The van der Waals surface area contributed by atoms with E-state index in [4.69, 9.17) is 10.5 Å². The molecule has 112 valence electrons. The van der Waals surface area contributed by atoms with Crippen LogP contribution >= 0.6 is 0 Å². The van der Waals surface area contributed by atoms with E-state index in [-0.39, 0.29) is 17.3 Å². The fourth-order valence-electron chi connectivity index (χ4n) is 1.96. The average Bonchev–Trinajstić information content (AvgIpc) is 2.39. The third-order valence-corrected chi connectivity index (χ3v) is 2.89. The highest BCUT2D eigenvalue weighted by molar-refractivity contribution is 5.74. The highest BCUT2D eigenvalue weighted by atomic mass is 19.1. The molecule has 0 amide bonds. The van der Waals surface area contributed by atoms with E-state index in [9.17, 15) is 8.78 Å². The highest BCUT2D eigenvalue weighted by Gasteiger charge is 2.10. The van der Waals surface area contributed by atoms with Gasteiger partial charge in [0.2, 0.25) is 0 Å². The molecule has 3 N–H and O–H groups in total. The molecular formula is C16H18F2N2O. The fourth-order valence-corrected chi connectivity index (χ4v) is 1.96. The Morgan fingerprint density at radius 3 is 2.57 bits per heavy atom. The molecular weight excluding hydrogens is 274 g/mol. The minimum absolute atomic E-state index is 0.127. The summed E-state index contributed by atoms with van der Waals surface area (Å²) in [5, 5.41) is 2.99. The van der Waals surface area contributed by atoms with Crippen molar-refractivity contribution in [3.8, 4) is 5.75 Å². The molecule has 0 unspecified atom stereocenters. The second-order valence-electron chi connectivity index (χ2n) is 4.86. The third-order valence-electron chi connectivity index (χ3n) is 2.89. The van der Waals surface area contributed by atoms with Crippen LogP contribution in [0.3, 0.4) is 0 Å². The zero-order chi connectivity index (χ0) is 15.4. The van der Waals surface area contributed by atoms with Crippen LogP contribution in [0.5, 0.6) is 5.75 Å². The molecule has 0 aromatic heterocycles. The van der Waals surface area contributed by atoms with E-state index in [1.165, 1.54) is 24.3 Å². The van der Waals surface area contributed by atoms with Crippen LogP contribution < -0.4 is 15.8 Å². The van der Waals surface area contributed by atoms with E-state index >= 15 is 0 Å². The van der Waals surface area contributed by atoms with Gasteiger partial charge in [0.25, 0.3) is 0 Å². The number of nitrogens with two attached hydrogens (primary N) is 1. The molecule has 2 aromatic carbocycles. The van der Waals surface area contributed by atoms with E-state index in [1.54, 1.807) is 13.0 Å². The van der Waals surface area contributed by atoms with Gasteiger partial charge in [0, 0.05) is 17.8 Å². The molecule has 0 spiro atoms. The number of ether oxygens (including phenoxy) is 1. The average molecular weight is 292 g/mol. The van der Waals surface area contributed by atoms with Crippen molar-refractivity contribution in [2.75, 3.05) is 17.7 Å². The van der Waals surface area contributed by atoms with Crippen molar-refractivity contribution in [3.63, 3.8) is 0 Å². The van der Waals surface area contributed by atoms with Gasteiger partial charge >= 0.3 is 0 Å². The quantitative estimate of drug-likeness (QED) is 0.804. The summed E-state index contributed by atoms with van der Waals surface area (Å²) in [7, 11) is 0. The first-order chi connectivity index (χ1) is 9.99. The number of hydrogen-bond acceptors (Lipinski definition) is 3. The van der Waals surface area contributed by atoms with Crippen LogP contribution in [-0.4, -0.2) is 6.61 Å². The summed E-state index contributed by atoms with van der Waals surface area (Å²) in [5.74, 6) is -0.732. The maximum Gasteiger partial charge on any atom is 0.167 e. The lowest BCUT2D eigenvalue weighted by Gasteiger charge is -2.13. The standard InChI is InChI=1S/C16H18F2N2O/c1-3-4-21-16-9-15(14(19)8-13(16)18)20-12-6-10(2)5-11(17)7-12/h5-9,20H,3-4,19H2,1-2H3. The molecule has 0 aliphatic carbocycles. The van der Waals surface area contributed by atoms with Gasteiger partial charge < -0.3 is 15.8 Å². The minimum atomic E-state index is -0.512. The number of anilines is 3. The topological polar surface area (TPSA) is 47.3 Å². The molecule has 2 aromatic rings. The van der Waals surface area contributed by atoms with E-state index < -0.39 is 5.82 Å². The molecule has 0 heterocycles. The van der Waals surface area contributed by atoms with Gasteiger partial charge in [-0.2, -0.15) is 0 Å². The molecule has 0 bridgehead atoms. The molecule has 0 aliphatic rings. The van der Waals surface area contributed by atoms with Gasteiger partial charge in [-0.3, -0.25) is 0 Å². The molecule has 3 nitrogen and oxygen atoms in total. The van der Waals surface area contributed by atoms with Crippen LogP contribution in [0.4, 0.5) is 25.8 Å². The van der Waals surface area contributed by atoms with Gasteiger partial charge in [0.05, 0.1) is 18.0 Å². The zero-order valence-corrected chi connectivity index (χ0v) is 12.0. The Kier molecular flexibility index (Phi) is 4.62.